The zero-order valence-corrected chi connectivity index (χ0v) is 13.7. The van der Waals surface area contributed by atoms with Gasteiger partial charge < -0.3 is 10.2 Å². The van der Waals surface area contributed by atoms with E-state index in [-0.39, 0.29) is 5.54 Å². The zero-order valence-electron chi connectivity index (χ0n) is 11.3. The molecule has 0 saturated carbocycles. The molecule has 2 rings (SSSR count). The molecular formula is C14H20BrClN2. The Balaban J connectivity index is 2.38. The van der Waals surface area contributed by atoms with Gasteiger partial charge in [0.2, 0.25) is 0 Å². The molecule has 1 saturated heterocycles. The fourth-order valence-electron chi connectivity index (χ4n) is 2.35. The highest BCUT2D eigenvalue weighted by atomic mass is 79.9. The maximum Gasteiger partial charge on any atom is 0.0529 e. The van der Waals surface area contributed by atoms with Crippen LogP contribution in [0.4, 0.5) is 5.69 Å². The van der Waals surface area contributed by atoms with E-state index < -0.39 is 0 Å². The van der Waals surface area contributed by atoms with Gasteiger partial charge in [-0.25, -0.2) is 0 Å². The summed E-state index contributed by atoms with van der Waals surface area (Å²) in [6.07, 6.45) is 0. The van der Waals surface area contributed by atoms with Crippen molar-refractivity contribution in [2.45, 2.75) is 39.3 Å². The van der Waals surface area contributed by atoms with E-state index in [2.05, 4.69) is 59.1 Å². The van der Waals surface area contributed by atoms with Gasteiger partial charge in [-0.1, -0.05) is 11.6 Å². The average molecular weight is 332 g/mol. The van der Waals surface area contributed by atoms with Crippen LogP contribution in [0.25, 0.3) is 0 Å². The molecule has 0 bridgehead atoms. The minimum Gasteiger partial charge on any atom is -0.365 e. The third-order valence-corrected chi connectivity index (χ3v) is 4.55. The Labute approximate surface area is 123 Å². The summed E-state index contributed by atoms with van der Waals surface area (Å²) < 4.78 is 1.12. The smallest absolute Gasteiger partial charge is 0.0529 e. The van der Waals surface area contributed by atoms with Crippen LogP contribution >= 0.6 is 27.5 Å². The predicted octanol–water partition coefficient (Wildman–Crippen LogP) is 3.99. The molecule has 1 aromatic carbocycles. The molecule has 0 amide bonds. The number of nitrogens with one attached hydrogen (secondary N) is 1. The summed E-state index contributed by atoms with van der Waals surface area (Å²) in [5.74, 6) is 0. The second kappa shape index (κ2) is 5.03. The van der Waals surface area contributed by atoms with Gasteiger partial charge >= 0.3 is 0 Å². The highest BCUT2D eigenvalue weighted by molar-refractivity contribution is 9.10. The maximum atomic E-state index is 6.26. The molecule has 1 fully saturated rings. The molecule has 1 aromatic rings. The van der Waals surface area contributed by atoms with Crippen LogP contribution in [0.3, 0.4) is 0 Å². The van der Waals surface area contributed by atoms with Gasteiger partial charge in [0.1, 0.15) is 0 Å². The number of hydrogen-bond acceptors (Lipinski definition) is 2. The van der Waals surface area contributed by atoms with Crippen molar-refractivity contribution < 1.29 is 0 Å². The topological polar surface area (TPSA) is 15.3 Å². The molecule has 0 aliphatic carbocycles. The molecule has 1 unspecified atom stereocenters. The Morgan fingerprint density at radius 2 is 2.11 bits per heavy atom. The lowest BCUT2D eigenvalue weighted by Crippen LogP contribution is -2.61. The van der Waals surface area contributed by atoms with Crippen molar-refractivity contribution in [3.05, 3.63) is 27.2 Å². The number of hydrogen-bond donors (Lipinski definition) is 1. The number of piperazine rings is 1. The van der Waals surface area contributed by atoms with Crippen LogP contribution in [-0.4, -0.2) is 24.7 Å². The fourth-order valence-corrected chi connectivity index (χ4v) is 3.19. The first-order chi connectivity index (χ1) is 8.30. The lowest BCUT2D eigenvalue weighted by atomic mass is 9.98. The van der Waals surface area contributed by atoms with Crippen molar-refractivity contribution in [2.75, 3.05) is 18.0 Å². The third kappa shape index (κ3) is 2.84. The molecule has 4 heteroatoms. The SMILES string of the molecule is Cc1cc(Br)c(N2CC(C)(C)NCC2C)cc1Cl. The van der Waals surface area contributed by atoms with E-state index in [0.717, 1.165) is 28.1 Å². The molecule has 100 valence electrons. The van der Waals surface area contributed by atoms with Crippen LogP contribution in [0.15, 0.2) is 16.6 Å². The second-order valence-corrected chi connectivity index (χ2v) is 7.06. The molecule has 1 N–H and O–H groups in total. The van der Waals surface area contributed by atoms with Crippen molar-refractivity contribution >= 4 is 33.2 Å². The molecule has 1 atom stereocenters. The van der Waals surface area contributed by atoms with E-state index in [0.29, 0.717) is 6.04 Å². The quantitative estimate of drug-likeness (QED) is 0.837. The molecule has 0 aromatic heterocycles. The molecule has 18 heavy (non-hydrogen) atoms. The Morgan fingerprint density at radius 1 is 1.44 bits per heavy atom. The number of anilines is 1. The average Bonchev–Trinajstić information content (AvgIpc) is 2.27. The summed E-state index contributed by atoms with van der Waals surface area (Å²) in [5.41, 5.74) is 2.42. The lowest BCUT2D eigenvalue weighted by molar-refractivity contribution is 0.318. The number of aryl methyl sites for hydroxylation is 1. The van der Waals surface area contributed by atoms with E-state index in [4.69, 9.17) is 11.6 Å². The Morgan fingerprint density at radius 3 is 2.78 bits per heavy atom. The van der Waals surface area contributed by atoms with Crippen LogP contribution in [-0.2, 0) is 0 Å². The predicted molar refractivity (Wildman–Crippen MR) is 82.8 cm³/mol. The summed E-state index contributed by atoms with van der Waals surface area (Å²) in [4.78, 5) is 2.42. The van der Waals surface area contributed by atoms with Crippen molar-refractivity contribution in [1.29, 1.82) is 0 Å². The van der Waals surface area contributed by atoms with Crippen LogP contribution in [0, 0.1) is 6.92 Å². The molecule has 1 aliphatic heterocycles. The van der Waals surface area contributed by atoms with E-state index in [9.17, 15) is 0 Å². The normalized spacial score (nSPS) is 23.2. The first-order valence-electron chi connectivity index (χ1n) is 6.27. The zero-order chi connectivity index (χ0) is 13.5. The maximum absolute atomic E-state index is 6.26. The Bertz CT molecular complexity index is 459. The van der Waals surface area contributed by atoms with Gasteiger partial charge in [0.15, 0.2) is 0 Å². The van der Waals surface area contributed by atoms with Crippen LogP contribution in [0.5, 0.6) is 0 Å². The van der Waals surface area contributed by atoms with Crippen molar-refractivity contribution in [3.8, 4) is 0 Å². The Hall–Kier alpha value is -0.250. The first-order valence-corrected chi connectivity index (χ1v) is 7.44. The van der Waals surface area contributed by atoms with Gasteiger partial charge in [0.05, 0.1) is 5.69 Å². The fraction of sp³-hybridized carbons (Fsp3) is 0.571. The molecule has 1 aliphatic rings. The van der Waals surface area contributed by atoms with Gasteiger partial charge in [0.25, 0.3) is 0 Å². The van der Waals surface area contributed by atoms with Crippen molar-refractivity contribution in [1.82, 2.24) is 5.32 Å². The molecule has 1 heterocycles. The van der Waals surface area contributed by atoms with Crippen LogP contribution in [0.1, 0.15) is 26.3 Å². The molecule has 0 radical (unpaired) electrons. The summed E-state index contributed by atoms with van der Waals surface area (Å²) in [6, 6.07) is 4.63. The van der Waals surface area contributed by atoms with E-state index in [1.807, 2.05) is 6.92 Å². The summed E-state index contributed by atoms with van der Waals surface area (Å²) in [5, 5.41) is 4.39. The second-order valence-electron chi connectivity index (χ2n) is 5.79. The van der Waals surface area contributed by atoms with Gasteiger partial charge in [-0.15, -0.1) is 0 Å². The first kappa shape index (κ1) is 14.2. The molecular weight excluding hydrogens is 312 g/mol. The Kier molecular flexibility index (Phi) is 3.96. The van der Waals surface area contributed by atoms with Gasteiger partial charge in [0, 0.05) is 34.2 Å². The van der Waals surface area contributed by atoms with Crippen molar-refractivity contribution in [2.24, 2.45) is 0 Å². The number of nitrogens with zero attached hydrogens (tertiary/aromatic N) is 1. The number of benzene rings is 1. The summed E-state index contributed by atoms with van der Waals surface area (Å²) >= 11 is 9.92. The molecule has 0 spiro atoms. The van der Waals surface area contributed by atoms with Crippen LogP contribution in [0.2, 0.25) is 5.02 Å². The van der Waals surface area contributed by atoms with E-state index in [1.54, 1.807) is 0 Å². The number of rotatable bonds is 1. The van der Waals surface area contributed by atoms with Gasteiger partial charge in [-0.05, 0) is 61.3 Å². The van der Waals surface area contributed by atoms with Gasteiger partial charge in [-0.3, -0.25) is 0 Å². The lowest BCUT2D eigenvalue weighted by Gasteiger charge is -2.45. The molecule has 2 nitrogen and oxygen atoms in total. The third-order valence-electron chi connectivity index (χ3n) is 3.51. The van der Waals surface area contributed by atoms with E-state index in [1.165, 1.54) is 5.69 Å². The summed E-state index contributed by atoms with van der Waals surface area (Å²) in [7, 11) is 0. The number of halogens is 2. The minimum absolute atomic E-state index is 0.128. The van der Waals surface area contributed by atoms with Crippen molar-refractivity contribution in [3.63, 3.8) is 0 Å². The summed E-state index contributed by atoms with van der Waals surface area (Å²) in [6.45, 7) is 10.7. The van der Waals surface area contributed by atoms with Gasteiger partial charge in [-0.2, -0.15) is 0 Å². The highest BCUT2D eigenvalue weighted by Gasteiger charge is 2.31. The minimum atomic E-state index is 0.128. The standard InChI is InChI=1S/C14H20BrClN2/c1-9-5-11(15)13(6-12(9)16)18-8-14(3,4)17-7-10(18)2/h5-6,10,17H,7-8H2,1-4H3. The van der Waals surface area contributed by atoms with Crippen LogP contribution < -0.4 is 10.2 Å². The largest absolute Gasteiger partial charge is 0.365 e. The highest BCUT2D eigenvalue weighted by Crippen LogP contribution is 2.34. The monoisotopic (exact) mass is 330 g/mol. The van der Waals surface area contributed by atoms with E-state index >= 15 is 0 Å².